The van der Waals surface area contributed by atoms with E-state index in [1.54, 1.807) is 0 Å². The zero-order chi connectivity index (χ0) is 11.7. The molecule has 0 bridgehead atoms. The van der Waals surface area contributed by atoms with E-state index < -0.39 is 18.0 Å². The van der Waals surface area contributed by atoms with Gasteiger partial charge in [0.25, 0.3) is 0 Å². The maximum absolute atomic E-state index is 10.2. The summed E-state index contributed by atoms with van der Waals surface area (Å²) in [5.74, 6) is -1.96. The summed E-state index contributed by atoms with van der Waals surface area (Å²) in [6.07, 6.45) is 3.10. The number of rotatable bonds is 9. The first-order chi connectivity index (χ1) is 7.04. The summed E-state index contributed by atoms with van der Waals surface area (Å²) in [5.41, 5.74) is 0. The fourth-order valence-corrected chi connectivity index (χ4v) is 1.27. The first-order valence-electron chi connectivity index (χ1n) is 5.16. The summed E-state index contributed by atoms with van der Waals surface area (Å²) in [6.45, 7) is 0. The molecule has 88 valence electrons. The van der Waals surface area contributed by atoms with E-state index in [9.17, 15) is 9.59 Å². The molecule has 3 N–H and O–H groups in total. The van der Waals surface area contributed by atoms with Gasteiger partial charge in [0.2, 0.25) is 0 Å². The van der Waals surface area contributed by atoms with Crippen molar-refractivity contribution in [3.05, 3.63) is 0 Å². The highest BCUT2D eigenvalue weighted by atomic mass is 16.4. The molecule has 0 aromatic heterocycles. The van der Waals surface area contributed by atoms with Crippen LogP contribution in [0.2, 0.25) is 0 Å². The third kappa shape index (κ3) is 9.21. The fraction of sp³-hybridized carbons (Fsp3) is 0.800. The Kier molecular flexibility index (Phi) is 7.62. The lowest BCUT2D eigenvalue weighted by Gasteiger charge is -2.04. The molecule has 0 amide bonds. The summed E-state index contributed by atoms with van der Waals surface area (Å²) < 4.78 is 0. The minimum Gasteiger partial charge on any atom is -0.481 e. The first kappa shape index (κ1) is 13.9. The average molecular weight is 218 g/mol. The fourth-order valence-electron chi connectivity index (χ4n) is 1.27. The second-order valence-electron chi connectivity index (χ2n) is 3.55. The van der Waals surface area contributed by atoms with E-state index in [0.717, 1.165) is 19.3 Å². The maximum atomic E-state index is 10.2. The van der Waals surface area contributed by atoms with Crippen LogP contribution in [-0.2, 0) is 9.59 Å². The third-order valence-corrected chi connectivity index (χ3v) is 2.15. The monoisotopic (exact) mass is 218 g/mol. The lowest BCUT2D eigenvalue weighted by atomic mass is 10.1. The Morgan fingerprint density at radius 1 is 0.933 bits per heavy atom. The van der Waals surface area contributed by atoms with Crippen LogP contribution in [0, 0.1) is 0 Å². The lowest BCUT2D eigenvalue weighted by Crippen LogP contribution is -2.18. The van der Waals surface area contributed by atoms with Gasteiger partial charge in [0.1, 0.15) is 0 Å². The second kappa shape index (κ2) is 8.23. The Hall–Kier alpha value is -1.10. The summed E-state index contributed by atoms with van der Waals surface area (Å²) in [4.78, 5) is 20.4. The molecular formula is C10H18O5. The highest BCUT2D eigenvalue weighted by Gasteiger charge is 2.11. The predicted octanol–water partition coefficient (Wildman–Crippen LogP) is 1.25. The normalized spacial score (nSPS) is 12.3. The van der Waals surface area contributed by atoms with Gasteiger partial charge in [0, 0.05) is 6.42 Å². The van der Waals surface area contributed by atoms with Crippen molar-refractivity contribution in [1.29, 1.82) is 0 Å². The van der Waals surface area contributed by atoms with E-state index in [4.69, 9.17) is 15.3 Å². The molecule has 0 aromatic rings. The summed E-state index contributed by atoms with van der Waals surface area (Å²) in [6, 6.07) is 0. The number of aliphatic hydroxyl groups excluding tert-OH is 1. The molecule has 5 heteroatoms. The van der Waals surface area contributed by atoms with Gasteiger partial charge >= 0.3 is 11.9 Å². The van der Waals surface area contributed by atoms with Gasteiger partial charge in [-0.1, -0.05) is 25.7 Å². The molecule has 5 nitrogen and oxygen atoms in total. The van der Waals surface area contributed by atoms with Crippen LogP contribution in [0.5, 0.6) is 0 Å². The standard InChI is InChI=1S/C10H18O5/c11-8(10(14)15)6-4-2-1-3-5-7-9(12)13/h8,11H,1-7H2,(H,12,13)(H,14,15). The molecule has 0 saturated heterocycles. The Balaban J connectivity index is 3.18. The number of aliphatic hydroxyl groups is 1. The van der Waals surface area contributed by atoms with Crippen LogP contribution in [0.4, 0.5) is 0 Å². The number of carbonyl (C=O) groups is 2. The molecule has 1 atom stereocenters. The number of unbranched alkanes of at least 4 members (excludes halogenated alkanes) is 4. The molecule has 0 fully saturated rings. The van der Waals surface area contributed by atoms with Gasteiger partial charge in [-0.3, -0.25) is 4.79 Å². The molecule has 0 aromatic carbocycles. The van der Waals surface area contributed by atoms with Crippen molar-refractivity contribution in [3.63, 3.8) is 0 Å². The van der Waals surface area contributed by atoms with Crippen LogP contribution in [0.1, 0.15) is 44.9 Å². The summed E-state index contributed by atoms with van der Waals surface area (Å²) >= 11 is 0. The molecule has 0 radical (unpaired) electrons. The first-order valence-corrected chi connectivity index (χ1v) is 5.16. The van der Waals surface area contributed by atoms with E-state index in [0.29, 0.717) is 12.8 Å². The van der Waals surface area contributed by atoms with Crippen LogP contribution in [0.15, 0.2) is 0 Å². The third-order valence-electron chi connectivity index (χ3n) is 2.15. The molecule has 0 aliphatic rings. The summed E-state index contributed by atoms with van der Waals surface area (Å²) in [7, 11) is 0. The predicted molar refractivity (Wildman–Crippen MR) is 53.6 cm³/mol. The number of hydrogen-bond donors (Lipinski definition) is 3. The van der Waals surface area contributed by atoms with E-state index >= 15 is 0 Å². The van der Waals surface area contributed by atoms with Crippen molar-refractivity contribution < 1.29 is 24.9 Å². The van der Waals surface area contributed by atoms with E-state index in [1.807, 2.05) is 0 Å². The van der Waals surface area contributed by atoms with Gasteiger partial charge in [-0.2, -0.15) is 0 Å². The van der Waals surface area contributed by atoms with Crippen LogP contribution < -0.4 is 0 Å². The van der Waals surface area contributed by atoms with Crippen molar-refractivity contribution in [2.45, 2.75) is 51.0 Å². The van der Waals surface area contributed by atoms with Gasteiger partial charge in [-0.25, -0.2) is 4.79 Å². The van der Waals surface area contributed by atoms with E-state index in [2.05, 4.69) is 0 Å². The quantitative estimate of drug-likeness (QED) is 0.506. The van der Waals surface area contributed by atoms with Gasteiger partial charge in [0.05, 0.1) is 0 Å². The molecule has 0 aliphatic heterocycles. The van der Waals surface area contributed by atoms with Crippen molar-refractivity contribution in [2.24, 2.45) is 0 Å². The van der Waals surface area contributed by atoms with Gasteiger partial charge in [-0.15, -0.1) is 0 Å². The topological polar surface area (TPSA) is 94.8 Å². The van der Waals surface area contributed by atoms with Gasteiger partial charge < -0.3 is 15.3 Å². The zero-order valence-electron chi connectivity index (χ0n) is 8.69. The minimum absolute atomic E-state index is 0.192. The van der Waals surface area contributed by atoms with Crippen LogP contribution in [0.25, 0.3) is 0 Å². The van der Waals surface area contributed by atoms with Crippen molar-refractivity contribution in [3.8, 4) is 0 Å². The van der Waals surface area contributed by atoms with Crippen molar-refractivity contribution >= 4 is 11.9 Å². The average Bonchev–Trinajstić information content (AvgIpc) is 2.15. The molecule has 0 spiro atoms. The molecule has 0 saturated carbocycles. The van der Waals surface area contributed by atoms with Gasteiger partial charge in [0.15, 0.2) is 6.10 Å². The Morgan fingerprint density at radius 3 is 2.00 bits per heavy atom. The van der Waals surface area contributed by atoms with Crippen LogP contribution in [-0.4, -0.2) is 33.4 Å². The van der Waals surface area contributed by atoms with E-state index in [1.165, 1.54) is 0 Å². The number of aliphatic carboxylic acids is 2. The second-order valence-corrected chi connectivity index (χ2v) is 3.55. The Labute approximate surface area is 88.7 Å². The largest absolute Gasteiger partial charge is 0.481 e. The number of hydrogen-bond acceptors (Lipinski definition) is 3. The molecule has 0 heterocycles. The number of carboxylic acid groups (broad SMARTS) is 2. The van der Waals surface area contributed by atoms with Crippen LogP contribution in [0.3, 0.4) is 0 Å². The smallest absolute Gasteiger partial charge is 0.332 e. The summed E-state index contributed by atoms with van der Waals surface area (Å²) in [5, 5.41) is 25.6. The molecular weight excluding hydrogens is 200 g/mol. The molecule has 15 heavy (non-hydrogen) atoms. The Bertz CT molecular complexity index is 202. The zero-order valence-corrected chi connectivity index (χ0v) is 8.69. The highest BCUT2D eigenvalue weighted by molar-refractivity contribution is 5.71. The van der Waals surface area contributed by atoms with E-state index in [-0.39, 0.29) is 12.8 Å². The van der Waals surface area contributed by atoms with Crippen molar-refractivity contribution in [2.75, 3.05) is 0 Å². The lowest BCUT2D eigenvalue weighted by molar-refractivity contribution is -0.147. The van der Waals surface area contributed by atoms with Crippen LogP contribution >= 0.6 is 0 Å². The minimum atomic E-state index is -1.26. The van der Waals surface area contributed by atoms with Gasteiger partial charge in [-0.05, 0) is 12.8 Å². The maximum Gasteiger partial charge on any atom is 0.332 e. The number of carboxylic acids is 2. The SMILES string of the molecule is O=C(O)CCCCCCCC(O)C(=O)O. The Morgan fingerprint density at radius 2 is 1.47 bits per heavy atom. The highest BCUT2D eigenvalue weighted by Crippen LogP contribution is 2.08. The molecule has 0 rings (SSSR count). The van der Waals surface area contributed by atoms with Crippen molar-refractivity contribution in [1.82, 2.24) is 0 Å². The molecule has 1 unspecified atom stereocenters. The molecule has 0 aliphatic carbocycles.